The van der Waals surface area contributed by atoms with E-state index in [9.17, 15) is 13.2 Å². The van der Waals surface area contributed by atoms with E-state index >= 15 is 0 Å². The average Bonchev–Trinajstić information content (AvgIpc) is 2.51. The van der Waals surface area contributed by atoms with Crippen molar-refractivity contribution >= 4 is 52.7 Å². The Labute approximate surface area is 133 Å². The Balaban J connectivity index is 2.64. The first-order chi connectivity index (χ1) is 9.11. The zero-order valence-electron chi connectivity index (χ0n) is 11.2. The van der Waals surface area contributed by atoms with Gasteiger partial charge in [-0.05, 0) is 17.7 Å². The minimum absolute atomic E-state index is 0.00210. The molecule has 1 unspecified atom stereocenters. The first kappa shape index (κ1) is 15.8. The molecular weight excluding hydrogens is 412 g/mol. The molecule has 110 valence electrons. The number of imidazole rings is 1. The largest absolute Gasteiger partial charge is 0.328 e. The van der Waals surface area contributed by atoms with Gasteiger partial charge in [-0.3, -0.25) is 9.13 Å². The lowest BCUT2D eigenvalue weighted by Gasteiger charge is -2.12. The van der Waals surface area contributed by atoms with Crippen molar-refractivity contribution in [2.24, 2.45) is 14.1 Å². The van der Waals surface area contributed by atoms with E-state index in [0.29, 0.717) is 0 Å². The molecule has 0 aliphatic carbocycles. The maximum atomic E-state index is 11.9. The van der Waals surface area contributed by atoms with Crippen LogP contribution in [-0.2, 0) is 23.9 Å². The summed E-state index contributed by atoms with van der Waals surface area (Å²) in [6.45, 7) is 0. The Bertz CT molecular complexity index is 836. The van der Waals surface area contributed by atoms with Crippen LogP contribution in [0.15, 0.2) is 21.4 Å². The fourth-order valence-corrected chi connectivity index (χ4v) is 5.58. The number of halogens is 2. The lowest BCUT2D eigenvalue weighted by Crippen LogP contribution is -2.19. The average molecular weight is 426 g/mol. The van der Waals surface area contributed by atoms with Gasteiger partial charge in [0.1, 0.15) is 9.84 Å². The normalized spacial score (nSPS) is 13.8. The molecule has 1 aromatic heterocycles. The van der Waals surface area contributed by atoms with Crippen molar-refractivity contribution in [1.82, 2.24) is 9.13 Å². The Hall–Kier alpha value is -0.600. The fraction of sp³-hybridized carbons (Fsp3) is 0.417. The number of sulfone groups is 1. The van der Waals surface area contributed by atoms with Crippen LogP contribution in [0.3, 0.4) is 0 Å². The number of hydrogen-bond donors (Lipinski definition) is 0. The summed E-state index contributed by atoms with van der Waals surface area (Å²) in [4.78, 5) is 11.6. The van der Waals surface area contributed by atoms with Crippen molar-refractivity contribution in [2.75, 3.05) is 12.0 Å². The van der Waals surface area contributed by atoms with E-state index in [1.807, 2.05) is 12.1 Å². The number of nitrogens with zero attached hydrogens (tertiary/aromatic N) is 2. The van der Waals surface area contributed by atoms with Crippen molar-refractivity contribution in [2.45, 2.75) is 4.83 Å². The van der Waals surface area contributed by atoms with E-state index in [1.165, 1.54) is 6.26 Å². The molecule has 8 heteroatoms. The highest BCUT2D eigenvalue weighted by Gasteiger charge is 2.19. The molecule has 0 spiro atoms. The van der Waals surface area contributed by atoms with Crippen LogP contribution >= 0.6 is 31.9 Å². The van der Waals surface area contributed by atoms with Gasteiger partial charge in [0.05, 0.1) is 21.6 Å². The lowest BCUT2D eigenvalue weighted by atomic mass is 10.1. The van der Waals surface area contributed by atoms with E-state index in [-0.39, 0.29) is 16.3 Å². The minimum atomic E-state index is -3.10. The molecule has 0 saturated carbocycles. The molecule has 1 heterocycles. The number of benzene rings is 1. The van der Waals surface area contributed by atoms with Crippen LogP contribution in [0.1, 0.15) is 10.4 Å². The highest BCUT2D eigenvalue weighted by molar-refractivity contribution is 9.11. The van der Waals surface area contributed by atoms with Crippen LogP contribution in [0.25, 0.3) is 11.0 Å². The van der Waals surface area contributed by atoms with Gasteiger partial charge in [0.25, 0.3) is 0 Å². The number of fused-ring (bicyclic) bond motifs is 1. The zero-order chi connectivity index (χ0) is 15.2. The second kappa shape index (κ2) is 5.31. The third-order valence-electron chi connectivity index (χ3n) is 3.18. The summed E-state index contributed by atoms with van der Waals surface area (Å²) in [5, 5.41) is 0. The maximum Gasteiger partial charge on any atom is 0.328 e. The van der Waals surface area contributed by atoms with Gasteiger partial charge in [-0.25, -0.2) is 13.2 Å². The first-order valence-electron chi connectivity index (χ1n) is 5.78. The van der Waals surface area contributed by atoms with Crippen molar-refractivity contribution in [3.05, 3.63) is 32.7 Å². The van der Waals surface area contributed by atoms with Crippen LogP contribution in [-0.4, -0.2) is 29.6 Å². The highest BCUT2D eigenvalue weighted by atomic mass is 79.9. The zero-order valence-corrected chi connectivity index (χ0v) is 15.2. The number of rotatable bonds is 3. The molecule has 0 aliphatic rings. The number of hydrogen-bond acceptors (Lipinski definition) is 3. The molecule has 0 bridgehead atoms. The van der Waals surface area contributed by atoms with Crippen molar-refractivity contribution in [1.29, 1.82) is 0 Å². The van der Waals surface area contributed by atoms with E-state index < -0.39 is 9.84 Å². The summed E-state index contributed by atoms with van der Waals surface area (Å²) in [6.07, 6.45) is 1.20. The summed E-state index contributed by atoms with van der Waals surface area (Å²) < 4.78 is 26.7. The maximum absolute atomic E-state index is 11.9. The molecule has 0 saturated heterocycles. The third-order valence-corrected chi connectivity index (χ3v) is 6.05. The first-order valence-corrected chi connectivity index (χ1v) is 9.55. The monoisotopic (exact) mass is 424 g/mol. The Kier molecular flexibility index (Phi) is 4.19. The van der Waals surface area contributed by atoms with E-state index in [4.69, 9.17) is 0 Å². The molecule has 0 N–H and O–H groups in total. The van der Waals surface area contributed by atoms with Crippen LogP contribution in [0.2, 0.25) is 0 Å². The van der Waals surface area contributed by atoms with Crippen LogP contribution < -0.4 is 5.69 Å². The van der Waals surface area contributed by atoms with E-state index in [0.717, 1.165) is 21.1 Å². The van der Waals surface area contributed by atoms with E-state index in [2.05, 4.69) is 31.9 Å². The Morgan fingerprint density at radius 1 is 1.20 bits per heavy atom. The van der Waals surface area contributed by atoms with Gasteiger partial charge < -0.3 is 0 Å². The van der Waals surface area contributed by atoms with Gasteiger partial charge in [-0.1, -0.05) is 31.9 Å². The molecule has 2 rings (SSSR count). The molecule has 0 fully saturated rings. The van der Waals surface area contributed by atoms with Gasteiger partial charge in [-0.15, -0.1) is 0 Å². The quantitative estimate of drug-likeness (QED) is 0.707. The number of alkyl halides is 1. The molecule has 1 aromatic carbocycles. The molecule has 0 radical (unpaired) electrons. The number of aromatic nitrogens is 2. The van der Waals surface area contributed by atoms with Crippen LogP contribution in [0.4, 0.5) is 0 Å². The van der Waals surface area contributed by atoms with Crippen LogP contribution in [0.5, 0.6) is 0 Å². The molecule has 1 atom stereocenters. The van der Waals surface area contributed by atoms with Crippen molar-refractivity contribution in [3.63, 3.8) is 0 Å². The second-order valence-corrected chi connectivity index (χ2v) is 8.97. The molecule has 20 heavy (non-hydrogen) atoms. The van der Waals surface area contributed by atoms with Gasteiger partial charge >= 0.3 is 5.69 Å². The van der Waals surface area contributed by atoms with Gasteiger partial charge in [0.15, 0.2) is 0 Å². The van der Waals surface area contributed by atoms with Crippen LogP contribution in [0, 0.1) is 0 Å². The van der Waals surface area contributed by atoms with Crippen molar-refractivity contribution < 1.29 is 8.42 Å². The summed E-state index contributed by atoms with van der Waals surface area (Å²) in [7, 11) is 0.308. The predicted octanol–water partition coefficient (Wildman–Crippen LogP) is 2.12. The molecule has 0 aliphatic heterocycles. The Morgan fingerprint density at radius 2 is 1.70 bits per heavy atom. The summed E-state index contributed by atoms with van der Waals surface area (Å²) >= 11 is 6.85. The molecule has 2 aromatic rings. The van der Waals surface area contributed by atoms with Gasteiger partial charge in [0.2, 0.25) is 0 Å². The molecular formula is C12H14Br2N2O3S. The summed E-state index contributed by atoms with van der Waals surface area (Å²) in [5.74, 6) is -0.00210. The smallest absolute Gasteiger partial charge is 0.295 e. The minimum Gasteiger partial charge on any atom is -0.295 e. The number of aryl methyl sites for hydroxylation is 2. The topological polar surface area (TPSA) is 61.1 Å². The standard InChI is InChI=1S/C12H14Br2N2O3S/c1-15-10-4-7(9(14)6-20(3,18)19)8(13)5-11(10)16(2)12(15)17/h4-5,9H,6H2,1-3H3. The SMILES string of the molecule is Cn1c(=O)n(C)c2cc(C(Br)CS(C)(=O)=O)c(Br)cc21. The van der Waals surface area contributed by atoms with Gasteiger partial charge in [-0.2, -0.15) is 0 Å². The predicted molar refractivity (Wildman–Crippen MR) is 87.2 cm³/mol. The summed E-state index contributed by atoms with van der Waals surface area (Å²) in [5.41, 5.74) is 2.27. The van der Waals surface area contributed by atoms with Gasteiger partial charge in [0, 0.05) is 24.8 Å². The molecule has 0 amide bonds. The third kappa shape index (κ3) is 2.87. The second-order valence-electron chi connectivity index (χ2n) is 4.82. The highest BCUT2D eigenvalue weighted by Crippen LogP contribution is 2.33. The fourth-order valence-electron chi connectivity index (χ4n) is 2.13. The van der Waals surface area contributed by atoms with Crippen molar-refractivity contribution in [3.8, 4) is 0 Å². The Morgan fingerprint density at radius 3 is 2.20 bits per heavy atom. The molecule has 5 nitrogen and oxygen atoms in total. The van der Waals surface area contributed by atoms with E-state index in [1.54, 1.807) is 23.2 Å². The lowest BCUT2D eigenvalue weighted by molar-refractivity contribution is 0.601. The summed E-state index contributed by atoms with van der Waals surface area (Å²) in [6, 6.07) is 3.67.